The van der Waals surface area contributed by atoms with Crippen LogP contribution in [-0.2, 0) is 4.79 Å². The lowest BCUT2D eigenvalue weighted by molar-refractivity contribution is -0.140. The highest BCUT2D eigenvalue weighted by Crippen LogP contribution is 2.36. The fourth-order valence-electron chi connectivity index (χ4n) is 3.08. The first kappa shape index (κ1) is 17.7. The molecular formula is C14H26N2O5. The van der Waals surface area contributed by atoms with E-state index in [4.69, 9.17) is 10.2 Å². The number of urea groups is 1. The van der Waals surface area contributed by atoms with Crippen molar-refractivity contribution in [1.29, 1.82) is 0 Å². The van der Waals surface area contributed by atoms with Gasteiger partial charge < -0.3 is 25.1 Å². The highest BCUT2D eigenvalue weighted by atomic mass is 16.4. The Hall–Kier alpha value is -1.34. The second-order valence-corrected chi connectivity index (χ2v) is 5.63. The molecule has 0 unspecified atom stereocenters. The number of carboxylic acid groups (broad SMARTS) is 1. The summed E-state index contributed by atoms with van der Waals surface area (Å²) in [4.78, 5) is 26.6. The Labute approximate surface area is 125 Å². The molecule has 0 aromatic carbocycles. The van der Waals surface area contributed by atoms with Crippen molar-refractivity contribution in [3.8, 4) is 0 Å². The second-order valence-electron chi connectivity index (χ2n) is 5.63. The Balaban J connectivity index is 2.89. The Morgan fingerprint density at radius 1 is 1.05 bits per heavy atom. The number of carbonyl (C=O) groups is 2. The van der Waals surface area contributed by atoms with Gasteiger partial charge in [0.05, 0.1) is 25.2 Å². The number of amides is 2. The predicted molar refractivity (Wildman–Crippen MR) is 77.0 cm³/mol. The van der Waals surface area contributed by atoms with Gasteiger partial charge in [-0.3, -0.25) is 4.79 Å². The monoisotopic (exact) mass is 302 g/mol. The lowest BCUT2D eigenvalue weighted by Crippen LogP contribution is -2.56. The Morgan fingerprint density at radius 2 is 1.57 bits per heavy atom. The van der Waals surface area contributed by atoms with E-state index in [1.54, 1.807) is 7.05 Å². The van der Waals surface area contributed by atoms with Crippen LogP contribution in [0, 0.1) is 0 Å². The van der Waals surface area contributed by atoms with E-state index in [9.17, 15) is 14.7 Å². The maximum atomic E-state index is 12.5. The largest absolute Gasteiger partial charge is 0.481 e. The van der Waals surface area contributed by atoms with Crippen LogP contribution in [-0.4, -0.2) is 76.0 Å². The van der Waals surface area contributed by atoms with Gasteiger partial charge >= 0.3 is 12.0 Å². The molecule has 0 saturated heterocycles. The van der Waals surface area contributed by atoms with Crippen LogP contribution in [0.5, 0.6) is 0 Å². The van der Waals surface area contributed by atoms with Gasteiger partial charge in [-0.1, -0.05) is 19.3 Å². The van der Waals surface area contributed by atoms with Gasteiger partial charge in [0.15, 0.2) is 0 Å². The molecule has 3 N–H and O–H groups in total. The number of aliphatic hydroxyl groups is 2. The molecule has 1 aliphatic rings. The van der Waals surface area contributed by atoms with Crippen molar-refractivity contribution in [2.75, 3.05) is 33.4 Å². The first-order valence-corrected chi connectivity index (χ1v) is 7.43. The third-order valence-corrected chi connectivity index (χ3v) is 4.27. The van der Waals surface area contributed by atoms with E-state index >= 15 is 0 Å². The molecule has 0 bridgehead atoms. The van der Waals surface area contributed by atoms with Gasteiger partial charge in [-0.05, 0) is 12.8 Å². The van der Waals surface area contributed by atoms with Crippen molar-refractivity contribution in [3.63, 3.8) is 0 Å². The van der Waals surface area contributed by atoms with E-state index in [1.807, 2.05) is 0 Å². The van der Waals surface area contributed by atoms with Crippen LogP contribution in [0.2, 0.25) is 0 Å². The van der Waals surface area contributed by atoms with Crippen LogP contribution in [0.25, 0.3) is 0 Å². The maximum absolute atomic E-state index is 12.5. The normalized spacial score (nSPS) is 17.3. The molecule has 21 heavy (non-hydrogen) atoms. The minimum atomic E-state index is -0.910. The second kappa shape index (κ2) is 8.19. The molecule has 0 radical (unpaired) electrons. The van der Waals surface area contributed by atoms with Gasteiger partial charge in [0, 0.05) is 20.1 Å². The number of hydrogen-bond acceptors (Lipinski definition) is 4. The molecule has 0 aliphatic heterocycles. The summed E-state index contributed by atoms with van der Waals surface area (Å²) < 4.78 is 0. The van der Waals surface area contributed by atoms with E-state index in [2.05, 4.69) is 0 Å². The number of nitrogens with zero attached hydrogens (tertiary/aromatic N) is 2. The molecule has 122 valence electrons. The molecule has 1 fully saturated rings. The van der Waals surface area contributed by atoms with Crippen molar-refractivity contribution in [1.82, 2.24) is 9.80 Å². The molecular weight excluding hydrogens is 276 g/mol. The zero-order valence-electron chi connectivity index (χ0n) is 12.6. The lowest BCUT2D eigenvalue weighted by Gasteiger charge is -2.45. The molecule has 2 amide bonds. The van der Waals surface area contributed by atoms with Gasteiger partial charge in [0.25, 0.3) is 0 Å². The lowest BCUT2D eigenvalue weighted by atomic mass is 9.78. The van der Waals surface area contributed by atoms with E-state index in [-0.39, 0.29) is 38.8 Å². The quantitative estimate of drug-likeness (QED) is 0.636. The average molecular weight is 302 g/mol. The highest BCUT2D eigenvalue weighted by molar-refractivity contribution is 5.77. The van der Waals surface area contributed by atoms with Crippen LogP contribution >= 0.6 is 0 Å². The number of rotatable bonds is 7. The number of aliphatic hydroxyl groups excluding tert-OH is 2. The number of hydrogen-bond donors (Lipinski definition) is 3. The van der Waals surface area contributed by atoms with Crippen LogP contribution in [0.3, 0.4) is 0 Å². The molecule has 0 heterocycles. The minimum absolute atomic E-state index is 0.0681. The average Bonchev–Trinajstić information content (AvgIpc) is 2.45. The fraction of sp³-hybridized carbons (Fsp3) is 0.857. The Morgan fingerprint density at radius 3 is 2.00 bits per heavy atom. The van der Waals surface area contributed by atoms with Crippen LogP contribution in [0.1, 0.15) is 38.5 Å². The standard InChI is InChI=1S/C14H26N2O5/c1-15(13(21)16(7-9-17)8-10-18)14(11-12(19)20)5-3-2-4-6-14/h17-18H,2-11H2,1H3,(H,19,20). The molecule has 0 spiro atoms. The number of carboxylic acids is 1. The summed E-state index contributed by atoms with van der Waals surface area (Å²) in [5.74, 6) is -0.910. The molecule has 0 atom stereocenters. The molecule has 1 rings (SSSR count). The summed E-state index contributed by atoms with van der Waals surface area (Å²) in [6.45, 7) is -0.114. The third-order valence-electron chi connectivity index (χ3n) is 4.27. The van der Waals surface area contributed by atoms with E-state index < -0.39 is 11.5 Å². The van der Waals surface area contributed by atoms with Crippen molar-refractivity contribution in [2.45, 2.75) is 44.1 Å². The number of aliphatic carboxylic acids is 1. The van der Waals surface area contributed by atoms with Crippen molar-refractivity contribution in [2.24, 2.45) is 0 Å². The van der Waals surface area contributed by atoms with Crippen LogP contribution in [0.4, 0.5) is 4.79 Å². The molecule has 7 nitrogen and oxygen atoms in total. The highest BCUT2D eigenvalue weighted by Gasteiger charge is 2.41. The third kappa shape index (κ3) is 4.57. The van der Waals surface area contributed by atoms with Gasteiger partial charge in [-0.25, -0.2) is 4.79 Å². The number of carbonyl (C=O) groups excluding carboxylic acids is 1. The van der Waals surface area contributed by atoms with E-state index in [1.165, 1.54) is 9.80 Å². The summed E-state index contributed by atoms with van der Waals surface area (Å²) in [6.07, 6.45) is 4.15. The van der Waals surface area contributed by atoms with Crippen molar-refractivity contribution in [3.05, 3.63) is 0 Å². The Kier molecular flexibility index (Phi) is 6.91. The summed E-state index contributed by atoms with van der Waals surface area (Å²) in [6, 6.07) is -0.332. The van der Waals surface area contributed by atoms with Crippen LogP contribution < -0.4 is 0 Å². The first-order chi connectivity index (χ1) is 9.96. The van der Waals surface area contributed by atoms with Gasteiger partial charge in [-0.2, -0.15) is 0 Å². The van der Waals surface area contributed by atoms with E-state index in [0.717, 1.165) is 19.3 Å². The predicted octanol–water partition coefficient (Wildman–Crippen LogP) is 0.502. The Bertz CT molecular complexity index is 349. The first-order valence-electron chi connectivity index (χ1n) is 7.43. The SMILES string of the molecule is CN(C(=O)N(CCO)CCO)C1(CC(=O)O)CCCCC1. The maximum Gasteiger partial charge on any atom is 0.320 e. The molecule has 1 saturated carbocycles. The van der Waals surface area contributed by atoms with Gasteiger partial charge in [0.1, 0.15) is 0 Å². The van der Waals surface area contributed by atoms with Crippen LogP contribution in [0.15, 0.2) is 0 Å². The summed E-state index contributed by atoms with van der Waals surface area (Å²) in [5.41, 5.74) is -0.662. The summed E-state index contributed by atoms with van der Waals surface area (Å²) in [7, 11) is 1.62. The molecule has 0 aromatic rings. The zero-order valence-corrected chi connectivity index (χ0v) is 12.6. The molecule has 0 aromatic heterocycles. The zero-order chi connectivity index (χ0) is 15.9. The topological polar surface area (TPSA) is 101 Å². The summed E-state index contributed by atoms with van der Waals surface area (Å²) in [5, 5.41) is 27.2. The van der Waals surface area contributed by atoms with Gasteiger partial charge in [-0.15, -0.1) is 0 Å². The van der Waals surface area contributed by atoms with Crippen molar-refractivity contribution < 1.29 is 24.9 Å². The van der Waals surface area contributed by atoms with Gasteiger partial charge in [0.2, 0.25) is 0 Å². The van der Waals surface area contributed by atoms with E-state index in [0.29, 0.717) is 12.8 Å². The fourth-order valence-corrected chi connectivity index (χ4v) is 3.08. The molecule has 1 aliphatic carbocycles. The molecule has 7 heteroatoms. The minimum Gasteiger partial charge on any atom is -0.481 e. The van der Waals surface area contributed by atoms with Crippen molar-refractivity contribution >= 4 is 12.0 Å². The summed E-state index contributed by atoms with van der Waals surface area (Å²) >= 11 is 0. The smallest absolute Gasteiger partial charge is 0.320 e.